The normalized spacial score (nSPS) is 26.0. The van der Waals surface area contributed by atoms with Crippen molar-refractivity contribution in [3.05, 3.63) is 29.8 Å². The van der Waals surface area contributed by atoms with Crippen LogP contribution in [0, 0.1) is 5.92 Å². The number of nitrogens with zero attached hydrogens (tertiary/aromatic N) is 1. The molecule has 0 aromatic heterocycles. The van der Waals surface area contributed by atoms with E-state index >= 15 is 0 Å². The molecule has 6 heteroatoms. The lowest BCUT2D eigenvalue weighted by Gasteiger charge is -2.33. The molecule has 1 aromatic rings. The van der Waals surface area contributed by atoms with Gasteiger partial charge in [-0.05, 0) is 24.5 Å². The highest BCUT2D eigenvalue weighted by molar-refractivity contribution is 6.52. The second kappa shape index (κ2) is 5.18. The first-order valence-electron chi connectivity index (χ1n) is 6.81. The summed E-state index contributed by atoms with van der Waals surface area (Å²) in [5.74, 6) is -1.03. The van der Waals surface area contributed by atoms with Crippen molar-refractivity contribution in [1.29, 1.82) is 0 Å². The number of fused-ring (bicyclic) bond motifs is 1. The smallest absolute Gasteiger partial charge is 0.313 e. The minimum Gasteiger partial charge on any atom is -0.469 e. The Morgan fingerprint density at radius 1 is 1.33 bits per heavy atom. The summed E-state index contributed by atoms with van der Waals surface area (Å²) in [6, 6.07) is 7.40. The van der Waals surface area contributed by atoms with E-state index in [0.29, 0.717) is 19.4 Å². The van der Waals surface area contributed by atoms with Crippen LogP contribution in [0.4, 0.5) is 5.69 Å². The number of alkyl halides is 2. The van der Waals surface area contributed by atoms with Gasteiger partial charge in [0.1, 0.15) is 4.33 Å². The molecule has 1 heterocycles. The molecule has 2 aliphatic rings. The van der Waals surface area contributed by atoms with Gasteiger partial charge in [-0.3, -0.25) is 9.59 Å². The van der Waals surface area contributed by atoms with Crippen molar-refractivity contribution < 1.29 is 14.3 Å². The Balaban J connectivity index is 1.92. The molecule has 2 atom stereocenters. The van der Waals surface area contributed by atoms with Crippen LogP contribution in [0.15, 0.2) is 24.3 Å². The molecule has 1 saturated carbocycles. The Kier molecular flexibility index (Phi) is 3.62. The molecule has 3 rings (SSSR count). The summed E-state index contributed by atoms with van der Waals surface area (Å²) in [4.78, 5) is 26.1. The SMILES string of the molecule is COC(=O)[C@H]1CCN(C(=O)[C@H]2CC2(Cl)Cl)c2ccccc21. The van der Waals surface area contributed by atoms with E-state index in [1.807, 2.05) is 24.3 Å². The molecule has 4 nitrogen and oxygen atoms in total. The molecule has 0 unspecified atom stereocenters. The molecule has 1 amide bonds. The zero-order valence-corrected chi connectivity index (χ0v) is 13.0. The number of benzene rings is 1. The Hall–Kier alpha value is -1.26. The van der Waals surface area contributed by atoms with E-state index in [1.165, 1.54) is 7.11 Å². The number of amides is 1. The lowest BCUT2D eigenvalue weighted by Crippen LogP contribution is -2.40. The quantitative estimate of drug-likeness (QED) is 0.619. The van der Waals surface area contributed by atoms with Crippen LogP contribution in [-0.4, -0.2) is 29.9 Å². The standard InChI is InChI=1S/C15H15Cl2NO3/c1-21-14(20)10-6-7-18(12-5-3-2-4-9(10)12)13(19)11-8-15(11,16)17/h2-5,10-11H,6-8H2,1H3/t10-,11+/m0/s1. The van der Waals surface area contributed by atoms with Crippen LogP contribution in [0.1, 0.15) is 24.3 Å². The van der Waals surface area contributed by atoms with Gasteiger partial charge in [0.2, 0.25) is 5.91 Å². The summed E-state index contributed by atoms with van der Waals surface area (Å²) in [6.07, 6.45) is 1.02. The molecule has 0 saturated heterocycles. The van der Waals surface area contributed by atoms with Crippen LogP contribution in [-0.2, 0) is 14.3 Å². The third-order valence-corrected chi connectivity index (χ3v) is 4.96. The molecule has 1 aromatic carbocycles. The van der Waals surface area contributed by atoms with Crippen molar-refractivity contribution in [3.8, 4) is 0 Å². The average Bonchev–Trinajstić information content (AvgIpc) is 3.13. The number of hydrogen-bond donors (Lipinski definition) is 0. The van der Waals surface area contributed by atoms with E-state index in [-0.39, 0.29) is 23.7 Å². The third kappa shape index (κ3) is 2.51. The van der Waals surface area contributed by atoms with Crippen molar-refractivity contribution in [1.82, 2.24) is 0 Å². The number of halogens is 2. The average molecular weight is 328 g/mol. The van der Waals surface area contributed by atoms with E-state index < -0.39 is 4.33 Å². The maximum absolute atomic E-state index is 12.5. The predicted molar refractivity (Wildman–Crippen MR) is 80.7 cm³/mol. The van der Waals surface area contributed by atoms with Crippen LogP contribution in [0.25, 0.3) is 0 Å². The van der Waals surface area contributed by atoms with Gasteiger partial charge < -0.3 is 9.64 Å². The summed E-state index contributed by atoms with van der Waals surface area (Å²) < 4.78 is 3.91. The molecular formula is C15H15Cl2NO3. The molecule has 112 valence electrons. The molecule has 1 aliphatic heterocycles. The molecule has 21 heavy (non-hydrogen) atoms. The van der Waals surface area contributed by atoms with Gasteiger partial charge in [0.15, 0.2) is 0 Å². The third-order valence-electron chi connectivity index (χ3n) is 4.12. The Morgan fingerprint density at radius 3 is 2.62 bits per heavy atom. The summed E-state index contributed by atoms with van der Waals surface area (Å²) in [5.41, 5.74) is 1.57. The van der Waals surface area contributed by atoms with Crippen LogP contribution in [0.5, 0.6) is 0 Å². The highest BCUT2D eigenvalue weighted by Crippen LogP contribution is 2.54. The molecule has 0 bridgehead atoms. The fourth-order valence-corrected chi connectivity index (χ4v) is 3.34. The predicted octanol–water partition coefficient (Wildman–Crippen LogP) is 2.87. The number of hydrogen-bond acceptors (Lipinski definition) is 3. The van der Waals surface area contributed by atoms with Crippen LogP contribution >= 0.6 is 23.2 Å². The maximum Gasteiger partial charge on any atom is 0.313 e. The van der Waals surface area contributed by atoms with Gasteiger partial charge in [0, 0.05) is 12.2 Å². The molecule has 1 aliphatic carbocycles. The van der Waals surface area contributed by atoms with E-state index in [9.17, 15) is 9.59 Å². The van der Waals surface area contributed by atoms with Crippen molar-refractivity contribution in [2.45, 2.75) is 23.1 Å². The lowest BCUT2D eigenvalue weighted by atomic mass is 9.89. The Labute approximate surface area is 133 Å². The van der Waals surface area contributed by atoms with Gasteiger partial charge in [0.25, 0.3) is 0 Å². The highest BCUT2D eigenvalue weighted by Gasteiger charge is 2.58. The topological polar surface area (TPSA) is 46.6 Å². The summed E-state index contributed by atoms with van der Waals surface area (Å²) in [5, 5.41) is 0. The Bertz CT molecular complexity index is 602. The maximum atomic E-state index is 12.5. The number of anilines is 1. The van der Waals surface area contributed by atoms with Crippen LogP contribution < -0.4 is 4.90 Å². The van der Waals surface area contributed by atoms with Crippen LogP contribution in [0.2, 0.25) is 0 Å². The van der Waals surface area contributed by atoms with Gasteiger partial charge in [-0.25, -0.2) is 0 Å². The van der Waals surface area contributed by atoms with Crippen LogP contribution in [0.3, 0.4) is 0 Å². The number of ether oxygens (including phenoxy) is 1. The summed E-state index contributed by atoms with van der Waals surface area (Å²) in [6.45, 7) is 0.468. The van der Waals surface area contributed by atoms with Gasteiger partial charge in [-0.2, -0.15) is 0 Å². The summed E-state index contributed by atoms with van der Waals surface area (Å²) in [7, 11) is 1.38. The first-order chi connectivity index (χ1) is 9.95. The van der Waals surface area contributed by atoms with Crippen molar-refractivity contribution >= 4 is 40.8 Å². The molecule has 0 N–H and O–H groups in total. The number of para-hydroxylation sites is 1. The molecule has 0 radical (unpaired) electrons. The van der Waals surface area contributed by atoms with Crippen molar-refractivity contribution in [2.24, 2.45) is 5.92 Å². The largest absolute Gasteiger partial charge is 0.469 e. The van der Waals surface area contributed by atoms with E-state index in [2.05, 4.69) is 0 Å². The number of rotatable bonds is 2. The second-order valence-electron chi connectivity index (χ2n) is 5.43. The second-order valence-corrected chi connectivity index (χ2v) is 6.97. The van der Waals surface area contributed by atoms with E-state index in [0.717, 1.165) is 11.3 Å². The first kappa shape index (κ1) is 14.7. The minimum atomic E-state index is -0.939. The molecule has 1 fully saturated rings. The van der Waals surface area contributed by atoms with E-state index in [1.54, 1.807) is 4.90 Å². The lowest BCUT2D eigenvalue weighted by molar-refractivity contribution is -0.142. The number of methoxy groups -OCH3 is 1. The molecule has 0 spiro atoms. The van der Waals surface area contributed by atoms with Crippen molar-refractivity contribution in [2.75, 3.05) is 18.6 Å². The zero-order chi connectivity index (χ0) is 15.2. The number of esters is 1. The highest BCUT2D eigenvalue weighted by atomic mass is 35.5. The minimum absolute atomic E-state index is 0.0734. The van der Waals surface area contributed by atoms with Crippen molar-refractivity contribution in [3.63, 3.8) is 0 Å². The van der Waals surface area contributed by atoms with Gasteiger partial charge in [-0.15, -0.1) is 23.2 Å². The number of carbonyl (C=O) groups excluding carboxylic acids is 2. The van der Waals surface area contributed by atoms with E-state index in [4.69, 9.17) is 27.9 Å². The first-order valence-corrected chi connectivity index (χ1v) is 7.57. The fourth-order valence-electron chi connectivity index (χ4n) is 2.85. The summed E-state index contributed by atoms with van der Waals surface area (Å²) >= 11 is 12.0. The monoisotopic (exact) mass is 327 g/mol. The Morgan fingerprint density at radius 2 is 2.00 bits per heavy atom. The number of carbonyl (C=O) groups is 2. The molecular weight excluding hydrogens is 313 g/mol. The van der Waals surface area contributed by atoms with Gasteiger partial charge in [-0.1, -0.05) is 18.2 Å². The fraction of sp³-hybridized carbons (Fsp3) is 0.467. The van der Waals surface area contributed by atoms with Gasteiger partial charge in [0.05, 0.1) is 18.9 Å². The van der Waals surface area contributed by atoms with Gasteiger partial charge >= 0.3 is 5.97 Å². The zero-order valence-electron chi connectivity index (χ0n) is 11.5.